The Morgan fingerprint density at radius 3 is 1.85 bits per heavy atom. The predicted molar refractivity (Wildman–Crippen MR) is 204 cm³/mol. The van der Waals surface area contributed by atoms with Crippen molar-refractivity contribution in [3.05, 3.63) is 77.4 Å². The minimum absolute atomic E-state index is 0.0952. The standard InChI is InChI=1S/C38H51IO5Si2/c1-37(2,3)45(7,8)43-28-17-19-32-33(24-28)41-23-20-31-30-18-16-29(44-46(9,10)38(4,5)6)25-34(30)42-36(35(31)32)26-12-14-27(15-13-26)40-22-11-21-39/h12-19,24-25,36H,11,20-23H2,1-10H3/t36-/m0/s1. The molecule has 0 radical (unpaired) electrons. The third kappa shape index (κ3) is 7.33. The van der Waals surface area contributed by atoms with E-state index in [0.717, 1.165) is 68.3 Å². The van der Waals surface area contributed by atoms with Crippen LogP contribution in [0.4, 0.5) is 0 Å². The van der Waals surface area contributed by atoms with Crippen LogP contribution in [-0.2, 0) is 0 Å². The van der Waals surface area contributed by atoms with E-state index in [1.54, 1.807) is 0 Å². The van der Waals surface area contributed by atoms with Crippen LogP contribution in [-0.4, -0.2) is 34.3 Å². The van der Waals surface area contributed by atoms with Crippen LogP contribution in [0.1, 0.15) is 77.2 Å². The van der Waals surface area contributed by atoms with E-state index < -0.39 is 16.6 Å². The Morgan fingerprint density at radius 1 is 0.739 bits per heavy atom. The van der Waals surface area contributed by atoms with Crippen molar-refractivity contribution in [1.82, 2.24) is 0 Å². The van der Waals surface area contributed by atoms with Crippen LogP contribution in [0.2, 0.25) is 36.3 Å². The monoisotopic (exact) mass is 770 g/mol. The fourth-order valence-corrected chi connectivity index (χ4v) is 7.62. The number of benzene rings is 3. The number of halogens is 1. The Morgan fingerprint density at radius 2 is 1.28 bits per heavy atom. The van der Waals surface area contributed by atoms with Gasteiger partial charge in [-0.25, -0.2) is 0 Å². The zero-order chi connectivity index (χ0) is 33.5. The van der Waals surface area contributed by atoms with E-state index in [-0.39, 0.29) is 16.2 Å². The molecule has 0 spiro atoms. The zero-order valence-corrected chi connectivity index (χ0v) is 33.5. The van der Waals surface area contributed by atoms with Gasteiger partial charge in [-0.3, -0.25) is 0 Å². The first-order valence-electron chi connectivity index (χ1n) is 16.5. The maximum atomic E-state index is 6.99. The van der Waals surface area contributed by atoms with Gasteiger partial charge in [0.15, 0.2) is 0 Å². The summed E-state index contributed by atoms with van der Waals surface area (Å²) in [6.45, 7) is 24.0. The van der Waals surface area contributed by atoms with Gasteiger partial charge in [-0.15, -0.1) is 0 Å². The first-order chi connectivity index (χ1) is 21.5. The second kappa shape index (κ2) is 13.2. The van der Waals surface area contributed by atoms with Crippen LogP contribution in [0, 0.1) is 0 Å². The Hall–Kier alpha value is -2.44. The summed E-state index contributed by atoms with van der Waals surface area (Å²) >= 11 is 2.39. The third-order valence-electron chi connectivity index (χ3n) is 10.1. The van der Waals surface area contributed by atoms with E-state index in [9.17, 15) is 0 Å². The molecule has 0 amide bonds. The van der Waals surface area contributed by atoms with Crippen LogP contribution in [0.3, 0.4) is 0 Å². The number of ether oxygens (including phenoxy) is 3. The van der Waals surface area contributed by atoms with Crippen LogP contribution in [0.15, 0.2) is 60.7 Å². The first kappa shape index (κ1) is 34.9. The summed E-state index contributed by atoms with van der Waals surface area (Å²) in [7, 11) is -4.05. The van der Waals surface area contributed by atoms with Crippen LogP contribution in [0.5, 0.6) is 28.7 Å². The summed E-state index contributed by atoms with van der Waals surface area (Å²) in [6, 6.07) is 21.1. The highest BCUT2D eigenvalue weighted by atomic mass is 127. The Kier molecular flexibility index (Phi) is 10.0. The lowest BCUT2D eigenvalue weighted by molar-refractivity contribution is 0.258. The van der Waals surface area contributed by atoms with Crippen molar-refractivity contribution < 1.29 is 23.1 Å². The van der Waals surface area contributed by atoms with Gasteiger partial charge in [-0.1, -0.05) is 76.3 Å². The number of fused-ring (bicyclic) bond motifs is 4. The normalized spacial score (nSPS) is 16.7. The van der Waals surface area contributed by atoms with Crippen molar-refractivity contribution >= 4 is 50.4 Å². The Labute approximate surface area is 292 Å². The highest BCUT2D eigenvalue weighted by Gasteiger charge is 2.41. The fourth-order valence-electron chi connectivity index (χ4n) is 5.26. The number of alkyl halides is 1. The highest BCUT2D eigenvalue weighted by Crippen LogP contribution is 2.53. The molecule has 3 aromatic rings. The lowest BCUT2D eigenvalue weighted by atomic mass is 9.84. The van der Waals surface area contributed by atoms with E-state index in [1.807, 2.05) is 0 Å². The second-order valence-electron chi connectivity index (χ2n) is 15.5. The van der Waals surface area contributed by atoms with Crippen LogP contribution in [0.25, 0.3) is 11.1 Å². The molecule has 2 aliphatic rings. The van der Waals surface area contributed by atoms with Crippen molar-refractivity contribution in [3.8, 4) is 28.7 Å². The average molecular weight is 771 g/mol. The molecule has 0 bridgehead atoms. The lowest BCUT2D eigenvalue weighted by Crippen LogP contribution is -2.43. The molecule has 0 saturated heterocycles. The average Bonchev–Trinajstić information content (AvgIpc) is 3.15. The van der Waals surface area contributed by atoms with Gasteiger partial charge in [-0.05, 0) is 90.2 Å². The third-order valence-corrected chi connectivity index (χ3v) is 19.5. The molecule has 0 unspecified atom stereocenters. The predicted octanol–water partition coefficient (Wildman–Crippen LogP) is 11.5. The summed E-state index contributed by atoms with van der Waals surface area (Å²) in [6.07, 6.45) is 1.48. The molecule has 1 atom stereocenters. The molecule has 0 aromatic heterocycles. The molecule has 8 heteroatoms. The molecule has 0 aliphatic carbocycles. The topological polar surface area (TPSA) is 46.2 Å². The van der Waals surface area contributed by atoms with E-state index in [0.29, 0.717) is 13.2 Å². The molecule has 3 aromatic carbocycles. The molecular formula is C38H51IO5Si2. The van der Waals surface area contributed by atoms with E-state index in [1.165, 1.54) is 5.57 Å². The maximum absolute atomic E-state index is 6.99. The number of hydrogen-bond acceptors (Lipinski definition) is 5. The minimum atomic E-state index is -2.03. The molecule has 2 aliphatic heterocycles. The quantitative estimate of drug-likeness (QED) is 0.0938. The molecule has 46 heavy (non-hydrogen) atoms. The van der Waals surface area contributed by atoms with Gasteiger partial charge < -0.3 is 23.1 Å². The second-order valence-corrected chi connectivity index (χ2v) is 26.0. The smallest absolute Gasteiger partial charge is 0.250 e. The van der Waals surface area contributed by atoms with Gasteiger partial charge in [0.2, 0.25) is 16.6 Å². The molecular weight excluding hydrogens is 719 g/mol. The molecule has 0 N–H and O–H groups in total. The SMILES string of the molecule is CC(C)(C)[Si](C)(C)Oc1ccc2c(c1)O[C@@H](c1ccc(OCCCI)cc1)C1=C2CCOc2cc(O[Si](C)(C)C(C)(C)C)ccc21. The zero-order valence-electron chi connectivity index (χ0n) is 29.3. The molecule has 248 valence electrons. The largest absolute Gasteiger partial charge is 0.543 e. The number of hydrogen-bond donors (Lipinski definition) is 0. The van der Waals surface area contributed by atoms with Crippen molar-refractivity contribution in [2.45, 2.75) is 96.8 Å². The highest BCUT2D eigenvalue weighted by molar-refractivity contribution is 14.1. The maximum Gasteiger partial charge on any atom is 0.250 e. The van der Waals surface area contributed by atoms with Crippen molar-refractivity contribution in [3.63, 3.8) is 0 Å². The van der Waals surface area contributed by atoms with E-state index in [2.05, 4.69) is 151 Å². The van der Waals surface area contributed by atoms with Gasteiger partial charge in [0.05, 0.1) is 13.2 Å². The molecule has 0 saturated carbocycles. The summed E-state index contributed by atoms with van der Waals surface area (Å²) in [5, 5.41) is 0.194. The Balaban J connectivity index is 1.59. The Bertz CT molecular complexity index is 1580. The van der Waals surface area contributed by atoms with Gasteiger partial charge in [-0.2, -0.15) is 0 Å². The van der Waals surface area contributed by atoms with Gasteiger partial charge in [0.1, 0.15) is 34.9 Å². The fraction of sp³-hybridized carbons (Fsp3) is 0.474. The summed E-state index contributed by atoms with van der Waals surface area (Å²) in [4.78, 5) is 0. The van der Waals surface area contributed by atoms with Crippen molar-refractivity contribution in [2.75, 3.05) is 17.6 Å². The number of rotatable bonds is 9. The molecule has 2 heterocycles. The molecule has 5 nitrogen and oxygen atoms in total. The van der Waals surface area contributed by atoms with Crippen LogP contribution >= 0.6 is 22.6 Å². The van der Waals surface area contributed by atoms with Crippen molar-refractivity contribution in [2.24, 2.45) is 0 Å². The molecule has 0 fully saturated rings. The van der Waals surface area contributed by atoms with Gasteiger partial charge >= 0.3 is 0 Å². The van der Waals surface area contributed by atoms with Gasteiger partial charge in [0, 0.05) is 39.7 Å². The first-order valence-corrected chi connectivity index (χ1v) is 23.8. The van der Waals surface area contributed by atoms with Gasteiger partial charge in [0.25, 0.3) is 0 Å². The van der Waals surface area contributed by atoms with Crippen LogP contribution < -0.4 is 23.1 Å². The minimum Gasteiger partial charge on any atom is -0.543 e. The summed E-state index contributed by atoms with van der Waals surface area (Å²) in [5.74, 6) is 4.30. The summed E-state index contributed by atoms with van der Waals surface area (Å²) in [5.41, 5.74) is 5.63. The summed E-state index contributed by atoms with van der Waals surface area (Å²) < 4.78 is 34.0. The van der Waals surface area contributed by atoms with Crippen molar-refractivity contribution in [1.29, 1.82) is 0 Å². The van der Waals surface area contributed by atoms with E-state index >= 15 is 0 Å². The van der Waals surface area contributed by atoms with E-state index in [4.69, 9.17) is 23.1 Å². The lowest BCUT2D eigenvalue weighted by Gasteiger charge is -2.37. The molecule has 5 rings (SSSR count).